The predicted octanol–water partition coefficient (Wildman–Crippen LogP) is 4.72. The Morgan fingerprint density at radius 3 is 2.75 bits per heavy atom. The average Bonchev–Trinajstić information content (AvgIpc) is 3.46. The number of nitrogens with zero attached hydrogens (tertiary/aromatic N) is 3. The number of benzene rings is 2. The van der Waals surface area contributed by atoms with Gasteiger partial charge in [0.05, 0.1) is 29.6 Å². The van der Waals surface area contributed by atoms with Crippen molar-refractivity contribution in [2.24, 2.45) is 5.10 Å². The van der Waals surface area contributed by atoms with Crippen molar-refractivity contribution in [3.8, 4) is 11.4 Å². The molecule has 36 heavy (non-hydrogen) atoms. The largest absolute Gasteiger partial charge is 0.494 e. The van der Waals surface area contributed by atoms with Gasteiger partial charge in [0.15, 0.2) is 5.16 Å². The molecule has 2 aromatic carbocycles. The van der Waals surface area contributed by atoms with Crippen LogP contribution < -0.4 is 15.7 Å². The Bertz CT molecular complexity index is 1500. The Morgan fingerprint density at radius 2 is 2.00 bits per heavy atom. The van der Waals surface area contributed by atoms with Gasteiger partial charge in [0.25, 0.3) is 11.5 Å². The molecule has 1 N–H and O–H groups in total. The normalized spacial score (nSPS) is 12.8. The Hall–Kier alpha value is -3.50. The van der Waals surface area contributed by atoms with Crippen molar-refractivity contribution in [1.82, 2.24) is 15.0 Å². The second-order valence-corrected chi connectivity index (χ2v) is 10.2. The number of halogens is 1. The van der Waals surface area contributed by atoms with Gasteiger partial charge in [-0.05, 0) is 73.7 Å². The number of aromatic nitrogens is 2. The van der Waals surface area contributed by atoms with Crippen LogP contribution in [0.15, 0.2) is 63.6 Å². The third-order valence-electron chi connectivity index (χ3n) is 5.72. The van der Waals surface area contributed by atoms with E-state index in [2.05, 4.69) is 10.5 Å². The summed E-state index contributed by atoms with van der Waals surface area (Å²) in [5, 5.41) is 5.05. The van der Waals surface area contributed by atoms with Crippen molar-refractivity contribution in [2.75, 3.05) is 12.4 Å². The molecule has 5 rings (SSSR count). The summed E-state index contributed by atoms with van der Waals surface area (Å²) in [6, 6.07) is 13.0. The standard InChI is InChI=1S/C26H23FN4O3S2/c1-2-34-19-12-10-18(11-13-19)31-25(33)23-20-4-3-5-21(20)36-24(23)29-26(31)35-15-22(32)30-28-14-16-6-8-17(27)9-7-16/h6-14H,2-5,15H2,1H3,(H,30,32). The molecule has 1 aliphatic rings. The predicted molar refractivity (Wildman–Crippen MR) is 141 cm³/mol. The van der Waals surface area contributed by atoms with Crippen LogP contribution in [-0.2, 0) is 17.6 Å². The molecular weight excluding hydrogens is 499 g/mol. The molecule has 0 spiro atoms. The molecule has 184 valence electrons. The Kier molecular flexibility index (Phi) is 7.15. The fourth-order valence-corrected chi connectivity index (χ4v) is 6.20. The SMILES string of the molecule is CCOc1ccc(-n2c(SCC(=O)NN=Cc3ccc(F)cc3)nc3sc4c(c3c2=O)CCC4)cc1. The summed E-state index contributed by atoms with van der Waals surface area (Å²) in [6.07, 6.45) is 4.34. The van der Waals surface area contributed by atoms with E-state index >= 15 is 0 Å². The number of rotatable bonds is 8. The molecule has 0 bridgehead atoms. The van der Waals surface area contributed by atoms with Gasteiger partial charge in [-0.25, -0.2) is 14.8 Å². The quantitative estimate of drug-likeness (QED) is 0.157. The van der Waals surface area contributed by atoms with Gasteiger partial charge in [-0.2, -0.15) is 5.10 Å². The summed E-state index contributed by atoms with van der Waals surface area (Å²) in [5.41, 5.74) is 4.77. The highest BCUT2D eigenvalue weighted by Gasteiger charge is 2.24. The van der Waals surface area contributed by atoms with Crippen LogP contribution in [0.2, 0.25) is 0 Å². The molecule has 10 heteroatoms. The van der Waals surface area contributed by atoms with Gasteiger partial charge in [0.1, 0.15) is 16.4 Å². The minimum absolute atomic E-state index is 0.0147. The molecule has 4 aromatic rings. The van der Waals surface area contributed by atoms with Crippen LogP contribution in [0, 0.1) is 5.82 Å². The first-order valence-corrected chi connectivity index (χ1v) is 13.3. The van der Waals surface area contributed by atoms with Gasteiger partial charge in [-0.15, -0.1) is 11.3 Å². The van der Waals surface area contributed by atoms with E-state index in [1.165, 1.54) is 35.0 Å². The summed E-state index contributed by atoms with van der Waals surface area (Å²) in [6.45, 7) is 2.46. The monoisotopic (exact) mass is 522 g/mol. The molecule has 0 fully saturated rings. The van der Waals surface area contributed by atoms with E-state index in [0.29, 0.717) is 39.0 Å². The highest BCUT2D eigenvalue weighted by Crippen LogP contribution is 2.36. The first-order chi connectivity index (χ1) is 17.5. The number of fused-ring (bicyclic) bond motifs is 3. The van der Waals surface area contributed by atoms with E-state index in [-0.39, 0.29) is 23.0 Å². The highest BCUT2D eigenvalue weighted by molar-refractivity contribution is 7.99. The molecule has 0 atom stereocenters. The van der Waals surface area contributed by atoms with Gasteiger partial charge in [0.2, 0.25) is 0 Å². The molecular formula is C26H23FN4O3S2. The number of thiophene rings is 1. The van der Waals surface area contributed by atoms with E-state index in [1.807, 2.05) is 31.2 Å². The average molecular weight is 523 g/mol. The molecule has 0 radical (unpaired) electrons. The van der Waals surface area contributed by atoms with E-state index in [1.54, 1.807) is 28.0 Å². The Morgan fingerprint density at radius 1 is 1.22 bits per heavy atom. The lowest BCUT2D eigenvalue weighted by Crippen LogP contribution is -2.24. The van der Waals surface area contributed by atoms with Crippen molar-refractivity contribution in [2.45, 2.75) is 31.3 Å². The lowest BCUT2D eigenvalue weighted by molar-refractivity contribution is -0.118. The van der Waals surface area contributed by atoms with Crippen LogP contribution >= 0.6 is 23.1 Å². The maximum atomic E-state index is 13.7. The van der Waals surface area contributed by atoms with Crippen LogP contribution in [0.25, 0.3) is 15.9 Å². The molecule has 7 nitrogen and oxygen atoms in total. The number of amides is 1. The van der Waals surface area contributed by atoms with Crippen molar-refractivity contribution < 1.29 is 13.9 Å². The van der Waals surface area contributed by atoms with Crippen molar-refractivity contribution in [1.29, 1.82) is 0 Å². The number of hydrogen-bond acceptors (Lipinski definition) is 7. The van der Waals surface area contributed by atoms with Crippen LogP contribution in [0.3, 0.4) is 0 Å². The van der Waals surface area contributed by atoms with Gasteiger partial charge < -0.3 is 4.74 Å². The fourth-order valence-electron chi connectivity index (χ4n) is 4.10. The van der Waals surface area contributed by atoms with Crippen LogP contribution in [-0.4, -0.2) is 34.0 Å². The molecule has 1 amide bonds. The topological polar surface area (TPSA) is 85.6 Å². The molecule has 0 unspecified atom stereocenters. The number of hydrazone groups is 1. The fraction of sp³-hybridized carbons (Fsp3) is 0.231. The molecule has 0 saturated heterocycles. The van der Waals surface area contributed by atoms with E-state index in [0.717, 1.165) is 24.8 Å². The van der Waals surface area contributed by atoms with Gasteiger partial charge in [-0.1, -0.05) is 23.9 Å². The van der Waals surface area contributed by atoms with E-state index < -0.39 is 0 Å². The van der Waals surface area contributed by atoms with Gasteiger partial charge in [-0.3, -0.25) is 14.2 Å². The van der Waals surface area contributed by atoms with Crippen molar-refractivity contribution in [3.05, 3.63) is 80.7 Å². The smallest absolute Gasteiger partial charge is 0.267 e. The third-order valence-corrected chi connectivity index (χ3v) is 7.84. The minimum Gasteiger partial charge on any atom is -0.494 e. The van der Waals surface area contributed by atoms with Crippen LogP contribution in [0.5, 0.6) is 5.75 Å². The molecule has 0 saturated carbocycles. The van der Waals surface area contributed by atoms with Crippen LogP contribution in [0.1, 0.15) is 29.3 Å². The number of ether oxygens (including phenoxy) is 1. The zero-order valence-corrected chi connectivity index (χ0v) is 21.1. The lowest BCUT2D eigenvalue weighted by atomic mass is 10.2. The summed E-state index contributed by atoms with van der Waals surface area (Å²) in [7, 11) is 0. The number of thioether (sulfide) groups is 1. The zero-order valence-electron chi connectivity index (χ0n) is 19.5. The summed E-state index contributed by atoms with van der Waals surface area (Å²) in [5.74, 6) is 0.0412. The Balaban J connectivity index is 1.41. The van der Waals surface area contributed by atoms with Crippen molar-refractivity contribution >= 4 is 45.4 Å². The zero-order chi connectivity index (χ0) is 25.1. The third kappa shape index (κ3) is 5.05. The lowest BCUT2D eigenvalue weighted by Gasteiger charge is -2.13. The number of aryl methyl sites for hydroxylation is 2. The molecule has 1 aliphatic carbocycles. The summed E-state index contributed by atoms with van der Waals surface area (Å²) < 4.78 is 20.1. The highest BCUT2D eigenvalue weighted by atomic mass is 32.2. The minimum atomic E-state index is -0.348. The second kappa shape index (κ2) is 10.6. The number of carbonyl (C=O) groups excluding carboxylic acids is 1. The number of hydrogen-bond donors (Lipinski definition) is 1. The maximum Gasteiger partial charge on any atom is 0.267 e. The molecule has 2 heterocycles. The first-order valence-electron chi connectivity index (χ1n) is 11.5. The summed E-state index contributed by atoms with van der Waals surface area (Å²) in [4.78, 5) is 32.9. The van der Waals surface area contributed by atoms with Gasteiger partial charge >= 0.3 is 0 Å². The van der Waals surface area contributed by atoms with Gasteiger partial charge in [0, 0.05) is 4.88 Å². The second-order valence-electron chi connectivity index (χ2n) is 8.13. The Labute approximate surface area is 215 Å². The number of carbonyl (C=O) groups is 1. The van der Waals surface area contributed by atoms with E-state index in [4.69, 9.17) is 9.72 Å². The van der Waals surface area contributed by atoms with E-state index in [9.17, 15) is 14.0 Å². The van der Waals surface area contributed by atoms with Crippen molar-refractivity contribution in [3.63, 3.8) is 0 Å². The summed E-state index contributed by atoms with van der Waals surface area (Å²) >= 11 is 2.74. The maximum absolute atomic E-state index is 13.7. The first kappa shape index (κ1) is 24.2. The molecule has 2 aromatic heterocycles. The van der Waals surface area contributed by atoms with Crippen LogP contribution in [0.4, 0.5) is 4.39 Å². The number of nitrogens with one attached hydrogen (secondary N) is 1. The molecule has 0 aliphatic heterocycles.